The van der Waals surface area contributed by atoms with Gasteiger partial charge in [-0.15, -0.1) is 0 Å². The zero-order valence-corrected chi connectivity index (χ0v) is 12.6. The van der Waals surface area contributed by atoms with Gasteiger partial charge in [-0.2, -0.15) is 0 Å². The molecule has 0 heterocycles. The van der Waals surface area contributed by atoms with Crippen molar-refractivity contribution in [1.29, 1.82) is 0 Å². The van der Waals surface area contributed by atoms with Crippen molar-refractivity contribution in [2.24, 2.45) is 0 Å². The summed E-state index contributed by atoms with van der Waals surface area (Å²) >= 11 is 3.30. The molecule has 0 atom stereocenters. The van der Waals surface area contributed by atoms with E-state index in [0.29, 0.717) is 18.7 Å². The van der Waals surface area contributed by atoms with Crippen LogP contribution in [0.4, 0.5) is 0 Å². The molecular weight excluding hydrogens is 318 g/mol. The summed E-state index contributed by atoms with van der Waals surface area (Å²) < 4.78 is 5.44. The summed E-state index contributed by atoms with van der Waals surface area (Å²) in [7, 11) is 0. The lowest BCUT2D eigenvalue weighted by Gasteiger charge is -2.07. The maximum Gasteiger partial charge on any atom is 0.251 e. The molecule has 0 unspecified atom stereocenters. The molecule has 3 nitrogen and oxygen atoms in total. The lowest BCUT2D eigenvalue weighted by atomic mass is 10.2. The Labute approximate surface area is 127 Å². The summed E-state index contributed by atoms with van der Waals surface area (Å²) in [6.45, 7) is 1.14. The van der Waals surface area contributed by atoms with E-state index in [-0.39, 0.29) is 5.91 Å². The number of carbonyl (C=O) groups is 1. The fraction of sp³-hybridized carbons (Fsp3) is 0.188. The van der Waals surface area contributed by atoms with Crippen LogP contribution in [-0.4, -0.2) is 17.8 Å². The fourth-order valence-electron chi connectivity index (χ4n) is 1.74. The average molecular weight is 334 g/mol. The second kappa shape index (κ2) is 7.70. The van der Waals surface area contributed by atoms with E-state index < -0.39 is 0 Å². The van der Waals surface area contributed by atoms with Gasteiger partial charge in [-0.05, 0) is 29.8 Å². The van der Waals surface area contributed by atoms with E-state index in [1.54, 1.807) is 24.3 Å². The van der Waals surface area contributed by atoms with Crippen molar-refractivity contribution < 1.29 is 9.53 Å². The molecule has 0 spiro atoms. The Morgan fingerprint density at radius 2 is 1.75 bits per heavy atom. The van der Waals surface area contributed by atoms with Crippen molar-refractivity contribution in [3.63, 3.8) is 0 Å². The summed E-state index contributed by atoms with van der Waals surface area (Å²) in [4.78, 5) is 12.0. The second-order valence-corrected chi connectivity index (χ2v) is 5.02. The van der Waals surface area contributed by atoms with E-state index in [1.165, 1.54) is 0 Å². The van der Waals surface area contributed by atoms with Gasteiger partial charge in [-0.3, -0.25) is 4.79 Å². The average Bonchev–Trinajstić information content (AvgIpc) is 2.52. The van der Waals surface area contributed by atoms with Gasteiger partial charge in [-0.25, -0.2) is 0 Å². The molecule has 0 bridgehead atoms. The highest BCUT2D eigenvalue weighted by molar-refractivity contribution is 9.09. The summed E-state index contributed by atoms with van der Waals surface area (Å²) in [5, 5.41) is 3.67. The topological polar surface area (TPSA) is 38.3 Å². The molecule has 0 saturated heterocycles. The van der Waals surface area contributed by atoms with Crippen molar-refractivity contribution >= 4 is 21.8 Å². The number of hydrogen-bond acceptors (Lipinski definition) is 2. The monoisotopic (exact) mass is 333 g/mol. The minimum atomic E-state index is -0.0825. The van der Waals surface area contributed by atoms with Crippen molar-refractivity contribution in [3.05, 3.63) is 65.7 Å². The standard InChI is InChI=1S/C16H16BrNO2/c17-10-11-20-15-8-6-14(7-9-15)16(19)18-12-13-4-2-1-3-5-13/h1-9H,10-12H2,(H,18,19). The minimum Gasteiger partial charge on any atom is -0.493 e. The predicted octanol–water partition coefficient (Wildman–Crippen LogP) is 3.39. The highest BCUT2D eigenvalue weighted by Gasteiger charge is 2.05. The number of ether oxygens (including phenoxy) is 1. The van der Waals surface area contributed by atoms with Gasteiger partial charge in [0.1, 0.15) is 5.75 Å². The van der Waals surface area contributed by atoms with Crippen LogP contribution in [0.1, 0.15) is 15.9 Å². The number of alkyl halides is 1. The predicted molar refractivity (Wildman–Crippen MR) is 83.3 cm³/mol. The molecule has 0 saturated carbocycles. The van der Waals surface area contributed by atoms with Crippen molar-refractivity contribution in [3.8, 4) is 5.75 Å². The number of rotatable bonds is 6. The highest BCUT2D eigenvalue weighted by Crippen LogP contribution is 2.12. The number of benzene rings is 2. The van der Waals surface area contributed by atoms with Gasteiger partial charge in [-0.1, -0.05) is 46.3 Å². The number of hydrogen-bond donors (Lipinski definition) is 1. The molecule has 104 valence electrons. The van der Waals surface area contributed by atoms with Crippen molar-refractivity contribution in [1.82, 2.24) is 5.32 Å². The normalized spacial score (nSPS) is 10.1. The van der Waals surface area contributed by atoms with Gasteiger partial charge in [0.2, 0.25) is 0 Å². The van der Waals surface area contributed by atoms with Crippen molar-refractivity contribution in [2.45, 2.75) is 6.54 Å². The molecule has 1 amide bonds. The van der Waals surface area contributed by atoms with Gasteiger partial charge >= 0.3 is 0 Å². The van der Waals surface area contributed by atoms with Crippen LogP contribution in [0.2, 0.25) is 0 Å². The minimum absolute atomic E-state index is 0.0825. The van der Waals surface area contributed by atoms with Gasteiger partial charge in [0.05, 0.1) is 6.61 Å². The Bertz CT molecular complexity index is 540. The first-order valence-electron chi connectivity index (χ1n) is 6.40. The van der Waals surface area contributed by atoms with Gasteiger partial charge in [0.15, 0.2) is 0 Å². The number of nitrogens with one attached hydrogen (secondary N) is 1. The summed E-state index contributed by atoms with van der Waals surface area (Å²) in [5.74, 6) is 0.685. The Kier molecular flexibility index (Phi) is 5.62. The number of amides is 1. The zero-order valence-electron chi connectivity index (χ0n) is 11.0. The highest BCUT2D eigenvalue weighted by atomic mass is 79.9. The van der Waals surface area contributed by atoms with Crippen LogP contribution in [0.5, 0.6) is 5.75 Å². The summed E-state index contributed by atoms with van der Waals surface area (Å²) in [6, 6.07) is 17.0. The van der Waals surface area contributed by atoms with E-state index in [9.17, 15) is 4.79 Å². The molecule has 4 heteroatoms. The zero-order chi connectivity index (χ0) is 14.2. The quantitative estimate of drug-likeness (QED) is 0.823. The maximum atomic E-state index is 12.0. The largest absolute Gasteiger partial charge is 0.493 e. The van der Waals surface area contributed by atoms with Crippen LogP contribution >= 0.6 is 15.9 Å². The van der Waals surface area contributed by atoms with E-state index >= 15 is 0 Å². The van der Waals surface area contributed by atoms with Crippen LogP contribution in [0.3, 0.4) is 0 Å². The number of halogens is 1. The Hall–Kier alpha value is -1.81. The van der Waals surface area contributed by atoms with Gasteiger partial charge in [0, 0.05) is 17.4 Å². The van der Waals surface area contributed by atoms with Crippen LogP contribution in [0, 0.1) is 0 Å². The number of carbonyl (C=O) groups excluding carboxylic acids is 1. The molecule has 0 aromatic heterocycles. The third-order valence-corrected chi connectivity index (χ3v) is 3.08. The fourth-order valence-corrected chi connectivity index (χ4v) is 1.90. The Morgan fingerprint density at radius 1 is 1.05 bits per heavy atom. The lowest BCUT2D eigenvalue weighted by molar-refractivity contribution is 0.0951. The summed E-state index contributed by atoms with van der Waals surface area (Å²) in [6.07, 6.45) is 0. The van der Waals surface area contributed by atoms with E-state index in [2.05, 4.69) is 21.2 Å². The smallest absolute Gasteiger partial charge is 0.251 e. The molecule has 0 aliphatic rings. The van der Waals surface area contributed by atoms with Crippen LogP contribution in [0.25, 0.3) is 0 Å². The Balaban J connectivity index is 1.89. The lowest BCUT2D eigenvalue weighted by Crippen LogP contribution is -2.22. The van der Waals surface area contributed by atoms with Gasteiger partial charge < -0.3 is 10.1 Å². The van der Waals surface area contributed by atoms with E-state index in [0.717, 1.165) is 16.6 Å². The molecule has 0 aliphatic carbocycles. The second-order valence-electron chi connectivity index (χ2n) is 4.23. The van der Waals surface area contributed by atoms with Gasteiger partial charge in [0.25, 0.3) is 5.91 Å². The SMILES string of the molecule is O=C(NCc1ccccc1)c1ccc(OCCBr)cc1. The maximum absolute atomic E-state index is 12.0. The first-order valence-corrected chi connectivity index (χ1v) is 7.52. The Morgan fingerprint density at radius 3 is 2.40 bits per heavy atom. The molecule has 0 radical (unpaired) electrons. The third kappa shape index (κ3) is 4.38. The van der Waals surface area contributed by atoms with Crippen LogP contribution < -0.4 is 10.1 Å². The van der Waals surface area contributed by atoms with Crippen LogP contribution in [-0.2, 0) is 6.54 Å². The molecule has 1 N–H and O–H groups in total. The van der Waals surface area contributed by atoms with Crippen LogP contribution in [0.15, 0.2) is 54.6 Å². The first-order chi connectivity index (χ1) is 9.79. The summed E-state index contributed by atoms with van der Waals surface area (Å²) in [5.41, 5.74) is 1.71. The van der Waals surface area contributed by atoms with E-state index in [4.69, 9.17) is 4.74 Å². The molecule has 2 rings (SSSR count). The molecule has 0 aliphatic heterocycles. The van der Waals surface area contributed by atoms with Crippen molar-refractivity contribution in [2.75, 3.05) is 11.9 Å². The molecule has 0 fully saturated rings. The molecular formula is C16H16BrNO2. The first kappa shape index (κ1) is 14.6. The third-order valence-electron chi connectivity index (χ3n) is 2.76. The van der Waals surface area contributed by atoms with E-state index in [1.807, 2.05) is 30.3 Å². The molecule has 2 aromatic rings. The molecule has 20 heavy (non-hydrogen) atoms. The molecule has 2 aromatic carbocycles.